The molecule has 0 aliphatic carbocycles. The number of hydrogen-bond acceptors (Lipinski definition) is 5. The molecule has 8 heteroatoms. The zero-order valence-corrected chi connectivity index (χ0v) is 20.1. The topological polar surface area (TPSA) is 81.4 Å². The molecule has 1 amide bonds. The molecule has 5 rings (SSSR count). The third kappa shape index (κ3) is 3.81. The summed E-state index contributed by atoms with van der Waals surface area (Å²) in [6, 6.07) is 16.8. The normalized spacial score (nSPS) is 21.5. The minimum absolute atomic E-state index is 0.174. The predicted octanol–water partition coefficient (Wildman–Crippen LogP) is 5.77. The zero-order chi connectivity index (χ0) is 25.0. The van der Waals surface area contributed by atoms with Crippen molar-refractivity contribution >= 4 is 34.0 Å². The number of ether oxygens (including phenoxy) is 1. The van der Waals surface area contributed by atoms with Crippen LogP contribution in [0.25, 0.3) is 10.8 Å². The highest BCUT2D eigenvalue weighted by molar-refractivity contribution is 6.31. The van der Waals surface area contributed by atoms with E-state index in [1.165, 1.54) is 12.1 Å². The van der Waals surface area contributed by atoms with Crippen LogP contribution in [0.4, 0.5) is 10.1 Å². The zero-order valence-electron chi connectivity index (χ0n) is 19.3. The van der Waals surface area contributed by atoms with Gasteiger partial charge in [0.05, 0.1) is 11.1 Å². The number of amides is 1. The monoisotopic (exact) mass is 492 g/mol. The Bertz CT molecular complexity index is 1500. The lowest BCUT2D eigenvalue weighted by Gasteiger charge is -2.54. The van der Waals surface area contributed by atoms with Crippen molar-refractivity contribution in [1.29, 1.82) is 0 Å². The quantitative estimate of drug-likeness (QED) is 0.391. The van der Waals surface area contributed by atoms with Gasteiger partial charge in [-0.3, -0.25) is 4.79 Å². The van der Waals surface area contributed by atoms with Gasteiger partial charge in [-0.15, -0.1) is 0 Å². The summed E-state index contributed by atoms with van der Waals surface area (Å²) in [5.41, 5.74) is -0.156. The third-order valence-corrected chi connectivity index (χ3v) is 6.83. The highest BCUT2D eigenvalue weighted by atomic mass is 35.5. The molecule has 1 fully saturated rings. The van der Waals surface area contributed by atoms with Crippen molar-refractivity contribution < 1.29 is 18.4 Å². The van der Waals surface area contributed by atoms with Crippen LogP contribution < -0.4 is 10.9 Å². The van der Waals surface area contributed by atoms with E-state index in [1.54, 1.807) is 38.1 Å². The molecule has 0 saturated carbocycles. The van der Waals surface area contributed by atoms with Crippen molar-refractivity contribution in [3.8, 4) is 0 Å². The summed E-state index contributed by atoms with van der Waals surface area (Å²) in [4.78, 5) is 25.7. The summed E-state index contributed by atoms with van der Waals surface area (Å²) < 4.78 is 25.8. The molecule has 4 aromatic rings. The molecule has 0 spiro atoms. The standard InChI is InChI=1S/C27H22ClFN2O4/c1-15-7-9-17(10-8-15)27(14-26(3,35-27)23-21(28)5-4-6-22(23)29)25(33)30-18-11-12-19-20(13-18)16(2)31-34-24(19)32/h4-13H,14H2,1-3H3,(H,30,33). The summed E-state index contributed by atoms with van der Waals surface area (Å²) >= 11 is 6.32. The SMILES string of the molecule is Cc1ccc(C2(C(=O)Nc3ccc4c(=O)onc(C)c4c3)CC(C)(c3c(F)cccc3Cl)O2)cc1. The van der Waals surface area contributed by atoms with Crippen LogP contribution in [0.3, 0.4) is 0 Å². The number of rotatable bonds is 4. The van der Waals surface area contributed by atoms with E-state index in [1.807, 2.05) is 31.2 Å². The Morgan fingerprint density at radius 1 is 1.09 bits per heavy atom. The van der Waals surface area contributed by atoms with Gasteiger partial charge in [0, 0.05) is 28.1 Å². The molecular weight excluding hydrogens is 471 g/mol. The van der Waals surface area contributed by atoms with Crippen LogP contribution in [0.1, 0.15) is 35.7 Å². The Labute approximate surface area is 205 Å². The van der Waals surface area contributed by atoms with Crippen LogP contribution in [-0.2, 0) is 20.7 Å². The molecule has 3 aromatic carbocycles. The molecular formula is C27H22ClFN2O4. The van der Waals surface area contributed by atoms with Gasteiger partial charge >= 0.3 is 5.63 Å². The molecule has 2 atom stereocenters. The number of hydrogen-bond donors (Lipinski definition) is 1. The van der Waals surface area contributed by atoms with Crippen LogP contribution in [-0.4, -0.2) is 11.1 Å². The first-order chi connectivity index (χ1) is 16.6. The molecule has 1 saturated heterocycles. The smallest absolute Gasteiger partial charge is 0.349 e. The van der Waals surface area contributed by atoms with Gasteiger partial charge in [-0.25, -0.2) is 9.18 Å². The van der Waals surface area contributed by atoms with Crippen molar-refractivity contribution in [2.75, 3.05) is 5.32 Å². The van der Waals surface area contributed by atoms with E-state index in [0.29, 0.717) is 27.7 Å². The van der Waals surface area contributed by atoms with E-state index >= 15 is 0 Å². The lowest BCUT2D eigenvalue weighted by molar-refractivity contribution is -0.266. The Hall–Kier alpha value is -3.55. The summed E-state index contributed by atoms with van der Waals surface area (Å²) in [6.45, 7) is 5.38. The van der Waals surface area contributed by atoms with Crippen molar-refractivity contribution in [3.63, 3.8) is 0 Å². The number of carbonyl (C=O) groups is 1. The number of carbonyl (C=O) groups excluding carboxylic acids is 1. The van der Waals surface area contributed by atoms with Crippen molar-refractivity contribution in [3.05, 3.63) is 104 Å². The fraction of sp³-hybridized carbons (Fsp3) is 0.222. The van der Waals surface area contributed by atoms with Crippen LogP contribution in [0.2, 0.25) is 5.02 Å². The molecule has 35 heavy (non-hydrogen) atoms. The molecule has 178 valence electrons. The van der Waals surface area contributed by atoms with E-state index in [0.717, 1.165) is 5.56 Å². The lowest BCUT2D eigenvalue weighted by Crippen LogP contribution is -2.60. The molecule has 0 bridgehead atoms. The minimum atomic E-state index is -1.37. The first kappa shape index (κ1) is 23.2. The summed E-state index contributed by atoms with van der Waals surface area (Å²) in [6.07, 6.45) is 0.174. The second-order valence-electron chi connectivity index (χ2n) is 9.07. The third-order valence-electron chi connectivity index (χ3n) is 6.51. The van der Waals surface area contributed by atoms with Crippen molar-refractivity contribution in [2.24, 2.45) is 0 Å². The molecule has 1 aliphatic heterocycles. The molecule has 6 nitrogen and oxygen atoms in total. The maximum atomic E-state index is 14.7. The summed E-state index contributed by atoms with van der Waals surface area (Å²) in [7, 11) is 0. The molecule has 0 radical (unpaired) electrons. The van der Waals surface area contributed by atoms with Gasteiger partial charge in [0.25, 0.3) is 5.91 Å². The van der Waals surface area contributed by atoms with Gasteiger partial charge in [0.15, 0.2) is 5.60 Å². The second kappa shape index (κ2) is 8.29. The van der Waals surface area contributed by atoms with E-state index in [-0.39, 0.29) is 17.0 Å². The number of aryl methyl sites for hydroxylation is 2. The van der Waals surface area contributed by atoms with Crippen molar-refractivity contribution in [2.45, 2.75) is 38.4 Å². The number of anilines is 1. The summed E-state index contributed by atoms with van der Waals surface area (Å²) in [5, 5.41) is 7.83. The lowest BCUT2D eigenvalue weighted by atomic mass is 9.71. The number of halogens is 2. The molecule has 2 heterocycles. The Morgan fingerprint density at radius 2 is 1.80 bits per heavy atom. The molecule has 1 aliphatic rings. The first-order valence-corrected chi connectivity index (χ1v) is 11.4. The number of fused-ring (bicyclic) bond motifs is 1. The van der Waals surface area contributed by atoms with Gasteiger partial charge in [0.2, 0.25) is 0 Å². The maximum Gasteiger partial charge on any atom is 0.366 e. The van der Waals surface area contributed by atoms with Gasteiger partial charge in [0.1, 0.15) is 11.4 Å². The molecule has 1 N–H and O–H groups in total. The number of nitrogens with zero attached hydrogens (tertiary/aromatic N) is 1. The van der Waals surface area contributed by atoms with Crippen LogP contribution in [0, 0.1) is 19.7 Å². The molecule has 1 aromatic heterocycles. The average molecular weight is 493 g/mol. The fourth-order valence-electron chi connectivity index (χ4n) is 4.77. The van der Waals surface area contributed by atoms with E-state index in [2.05, 4.69) is 10.5 Å². The molecule has 2 unspecified atom stereocenters. The van der Waals surface area contributed by atoms with Crippen molar-refractivity contribution in [1.82, 2.24) is 5.16 Å². The van der Waals surface area contributed by atoms with Gasteiger partial charge in [-0.2, -0.15) is 0 Å². The Kier molecular flexibility index (Phi) is 5.49. The maximum absolute atomic E-state index is 14.7. The second-order valence-corrected chi connectivity index (χ2v) is 9.48. The van der Waals surface area contributed by atoms with Gasteiger partial charge < -0.3 is 14.6 Å². The largest absolute Gasteiger partial charge is 0.366 e. The van der Waals surface area contributed by atoms with Crippen LogP contribution in [0.15, 0.2) is 70.0 Å². The minimum Gasteiger partial charge on any atom is -0.349 e. The van der Waals surface area contributed by atoms with Gasteiger partial charge in [-0.05, 0) is 56.7 Å². The van der Waals surface area contributed by atoms with Crippen LogP contribution >= 0.6 is 11.6 Å². The van der Waals surface area contributed by atoms with Crippen LogP contribution in [0.5, 0.6) is 0 Å². The number of nitrogens with one attached hydrogen (secondary N) is 1. The first-order valence-electron chi connectivity index (χ1n) is 11.1. The average Bonchev–Trinajstić information content (AvgIpc) is 2.80. The Morgan fingerprint density at radius 3 is 2.49 bits per heavy atom. The highest BCUT2D eigenvalue weighted by Crippen LogP contribution is 2.56. The van der Waals surface area contributed by atoms with E-state index in [9.17, 15) is 14.0 Å². The summed E-state index contributed by atoms with van der Waals surface area (Å²) in [5.74, 6) is -0.909. The van der Waals surface area contributed by atoms with E-state index < -0.39 is 28.6 Å². The van der Waals surface area contributed by atoms with Gasteiger partial charge in [-0.1, -0.05) is 52.7 Å². The Balaban J connectivity index is 1.53. The predicted molar refractivity (Wildman–Crippen MR) is 131 cm³/mol. The van der Waals surface area contributed by atoms with E-state index in [4.69, 9.17) is 20.9 Å². The fourth-order valence-corrected chi connectivity index (χ4v) is 5.14. The highest BCUT2D eigenvalue weighted by Gasteiger charge is 2.61. The number of aromatic nitrogens is 1. The number of benzene rings is 3.